The number of nitrogens with one attached hydrogen (secondary N) is 1. The van der Waals surface area contributed by atoms with E-state index in [-0.39, 0.29) is 63.2 Å². The Balaban J connectivity index is 1.54. The van der Waals surface area contributed by atoms with E-state index in [1.54, 1.807) is 38.7 Å². The van der Waals surface area contributed by atoms with Gasteiger partial charge in [0.2, 0.25) is 5.91 Å². The van der Waals surface area contributed by atoms with Crippen molar-refractivity contribution in [2.75, 3.05) is 32.8 Å². The van der Waals surface area contributed by atoms with Gasteiger partial charge in [-0.1, -0.05) is 60.7 Å². The van der Waals surface area contributed by atoms with E-state index in [9.17, 15) is 19.2 Å². The first-order valence-electron chi connectivity index (χ1n) is 15.4. The van der Waals surface area contributed by atoms with Crippen molar-refractivity contribution >= 4 is 23.9 Å². The minimum Gasteiger partial charge on any atom is -0.460 e. The second-order valence-corrected chi connectivity index (χ2v) is 11.7. The van der Waals surface area contributed by atoms with Crippen LogP contribution >= 0.6 is 0 Å². The van der Waals surface area contributed by atoms with Crippen molar-refractivity contribution in [2.24, 2.45) is 0 Å². The fraction of sp³-hybridized carbons (Fsp3) is 0.412. The van der Waals surface area contributed by atoms with E-state index in [0.29, 0.717) is 17.9 Å². The molecular formula is C34H41N5O7. The van der Waals surface area contributed by atoms with E-state index in [4.69, 9.17) is 19.3 Å². The minimum atomic E-state index is -0.942. The Morgan fingerprint density at radius 2 is 1.52 bits per heavy atom. The summed E-state index contributed by atoms with van der Waals surface area (Å²) in [5.41, 5.74) is 1.58. The lowest BCUT2D eigenvalue weighted by Crippen LogP contribution is -2.55. The van der Waals surface area contributed by atoms with Crippen molar-refractivity contribution in [1.82, 2.24) is 25.2 Å². The highest BCUT2D eigenvalue weighted by molar-refractivity contribution is 5.97. The highest BCUT2D eigenvalue weighted by atomic mass is 16.8. The van der Waals surface area contributed by atoms with Crippen molar-refractivity contribution in [3.63, 3.8) is 0 Å². The largest absolute Gasteiger partial charge is 0.527 e. The number of hydrogen-bond donors (Lipinski definition) is 1. The zero-order valence-electron chi connectivity index (χ0n) is 26.7. The van der Waals surface area contributed by atoms with Crippen LogP contribution in [-0.2, 0) is 23.9 Å². The van der Waals surface area contributed by atoms with Crippen molar-refractivity contribution < 1.29 is 33.5 Å². The highest BCUT2D eigenvalue weighted by Crippen LogP contribution is 2.23. The van der Waals surface area contributed by atoms with Crippen LogP contribution in [0.1, 0.15) is 57.4 Å². The quantitative estimate of drug-likeness (QED) is 0.297. The van der Waals surface area contributed by atoms with Gasteiger partial charge in [-0.15, -0.1) is 5.06 Å². The van der Waals surface area contributed by atoms with Gasteiger partial charge >= 0.3 is 12.1 Å². The van der Waals surface area contributed by atoms with Gasteiger partial charge in [0, 0.05) is 30.6 Å². The van der Waals surface area contributed by atoms with Crippen LogP contribution in [0.2, 0.25) is 0 Å². The molecule has 0 unspecified atom stereocenters. The first-order chi connectivity index (χ1) is 22.0. The van der Waals surface area contributed by atoms with Crippen LogP contribution < -0.4 is 5.32 Å². The maximum Gasteiger partial charge on any atom is 0.527 e. The Morgan fingerprint density at radius 1 is 0.891 bits per heavy atom. The molecule has 2 heterocycles. The Hall–Kier alpha value is -4.84. The first-order valence-corrected chi connectivity index (χ1v) is 15.4. The average molecular weight is 632 g/mol. The Morgan fingerprint density at radius 3 is 2.13 bits per heavy atom. The third-order valence-electron chi connectivity index (χ3n) is 6.97. The van der Waals surface area contributed by atoms with Gasteiger partial charge in [0.1, 0.15) is 17.3 Å². The number of amides is 2. The Kier molecular flexibility index (Phi) is 11.8. The number of carbonyl (C=O) groups is 4. The summed E-state index contributed by atoms with van der Waals surface area (Å²) in [4.78, 5) is 67.7. The Labute approximate surface area is 269 Å². The zero-order valence-corrected chi connectivity index (χ0v) is 26.7. The number of aromatic nitrogens is 2. The number of ether oxygens (including phenoxy) is 2. The molecule has 46 heavy (non-hydrogen) atoms. The van der Waals surface area contributed by atoms with Gasteiger partial charge in [0.15, 0.2) is 5.82 Å². The second-order valence-electron chi connectivity index (χ2n) is 11.7. The van der Waals surface area contributed by atoms with Crippen molar-refractivity contribution in [2.45, 2.75) is 58.6 Å². The van der Waals surface area contributed by atoms with Gasteiger partial charge in [-0.05, 0) is 46.6 Å². The number of rotatable bonds is 11. The maximum absolute atomic E-state index is 13.8. The molecule has 0 aliphatic carbocycles. The predicted octanol–water partition coefficient (Wildman–Crippen LogP) is 4.65. The second kappa shape index (κ2) is 15.9. The first kappa shape index (κ1) is 34.0. The van der Waals surface area contributed by atoms with E-state index in [2.05, 4.69) is 10.3 Å². The molecule has 244 valence electrons. The maximum atomic E-state index is 13.8. The summed E-state index contributed by atoms with van der Waals surface area (Å²) in [5.74, 6) is -0.867. The van der Waals surface area contributed by atoms with Crippen LogP contribution in [0.3, 0.4) is 0 Å². The van der Waals surface area contributed by atoms with Crippen molar-refractivity contribution in [3.8, 4) is 22.6 Å². The summed E-state index contributed by atoms with van der Waals surface area (Å²) in [5, 5.41) is 4.32. The van der Waals surface area contributed by atoms with Crippen molar-refractivity contribution in [1.29, 1.82) is 0 Å². The molecule has 1 saturated heterocycles. The third-order valence-corrected chi connectivity index (χ3v) is 6.97. The van der Waals surface area contributed by atoms with Gasteiger partial charge < -0.3 is 24.5 Å². The summed E-state index contributed by atoms with van der Waals surface area (Å²) in [6.07, 6.45) is -0.205. The molecule has 2 aromatic carbocycles. The van der Waals surface area contributed by atoms with E-state index < -0.39 is 23.7 Å². The molecule has 12 nitrogen and oxygen atoms in total. The zero-order chi connectivity index (χ0) is 33.1. The van der Waals surface area contributed by atoms with Crippen LogP contribution in [0.4, 0.5) is 4.79 Å². The van der Waals surface area contributed by atoms with Gasteiger partial charge in [-0.3, -0.25) is 14.4 Å². The molecule has 3 aromatic rings. The fourth-order valence-corrected chi connectivity index (χ4v) is 4.84. The number of hydrogen-bond acceptors (Lipinski definition) is 10. The van der Waals surface area contributed by atoms with E-state index >= 15 is 0 Å². The highest BCUT2D eigenvalue weighted by Gasteiger charge is 2.31. The summed E-state index contributed by atoms with van der Waals surface area (Å²) in [6, 6.07) is 19.5. The molecule has 0 spiro atoms. The van der Waals surface area contributed by atoms with Crippen LogP contribution in [0, 0.1) is 0 Å². The number of hydroxylamine groups is 2. The number of nitrogens with zero attached hydrogens (tertiary/aromatic N) is 4. The number of benzene rings is 2. The molecule has 12 heteroatoms. The molecule has 1 fully saturated rings. The molecule has 1 aliphatic rings. The van der Waals surface area contributed by atoms with Crippen LogP contribution in [0.25, 0.3) is 22.6 Å². The van der Waals surface area contributed by atoms with Gasteiger partial charge in [0.05, 0.1) is 25.4 Å². The lowest BCUT2D eigenvalue weighted by Gasteiger charge is -2.35. The standard InChI is InChI=1S/C34H41N5O7/c1-5-44-33(43)46-39-21-19-38(20-22-39)32(42)26(17-12-18-29(40)45-34(2,3)4)37-31(41)28-23-27(24-13-8-6-9-14-24)35-30(36-28)25-15-10-7-11-16-25/h6-11,13-16,23,26H,5,12,17-22H2,1-4H3,(H,37,41)/t26-/m0/s1. The Bertz CT molecular complexity index is 1430. The van der Waals surface area contributed by atoms with Crippen molar-refractivity contribution in [3.05, 3.63) is 72.4 Å². The molecular weight excluding hydrogens is 590 g/mol. The minimum absolute atomic E-state index is 0.0852. The number of piperazine rings is 1. The molecule has 1 N–H and O–H groups in total. The third kappa shape index (κ3) is 10.1. The SMILES string of the molecule is CCOC(=O)ON1CCN(C(=O)[C@H](CCCC(=O)OC(C)(C)C)NC(=O)c2cc(-c3ccccc3)nc(-c3ccccc3)n2)CC1. The molecule has 1 atom stereocenters. The summed E-state index contributed by atoms with van der Waals surface area (Å²) in [6.45, 7) is 8.32. The fourth-order valence-electron chi connectivity index (χ4n) is 4.84. The molecule has 1 aliphatic heterocycles. The number of esters is 1. The predicted molar refractivity (Wildman–Crippen MR) is 170 cm³/mol. The molecule has 4 rings (SSSR count). The van der Waals surface area contributed by atoms with Gasteiger partial charge in [-0.25, -0.2) is 14.8 Å². The van der Waals surface area contributed by atoms with Gasteiger partial charge in [0.25, 0.3) is 5.91 Å². The summed E-state index contributed by atoms with van der Waals surface area (Å²) in [7, 11) is 0. The molecule has 0 bridgehead atoms. The molecule has 2 amide bonds. The molecule has 1 aromatic heterocycles. The smallest absolute Gasteiger partial charge is 0.460 e. The molecule has 0 radical (unpaired) electrons. The lowest BCUT2D eigenvalue weighted by molar-refractivity contribution is -0.158. The van der Waals surface area contributed by atoms with Crippen LogP contribution in [-0.4, -0.2) is 88.3 Å². The topological polar surface area (TPSA) is 140 Å². The van der Waals surface area contributed by atoms with Gasteiger partial charge in [-0.2, -0.15) is 0 Å². The molecule has 0 saturated carbocycles. The lowest BCUT2D eigenvalue weighted by atomic mass is 10.1. The van der Waals surface area contributed by atoms with E-state index in [1.165, 1.54) is 5.06 Å². The number of carbonyl (C=O) groups excluding carboxylic acids is 4. The summed E-state index contributed by atoms with van der Waals surface area (Å²) >= 11 is 0. The monoisotopic (exact) mass is 631 g/mol. The van der Waals surface area contributed by atoms with Crippen LogP contribution in [0.15, 0.2) is 66.7 Å². The van der Waals surface area contributed by atoms with E-state index in [0.717, 1.165) is 11.1 Å². The normalized spacial score (nSPS) is 14.2. The summed E-state index contributed by atoms with van der Waals surface area (Å²) < 4.78 is 10.3. The average Bonchev–Trinajstić information content (AvgIpc) is 3.04. The van der Waals surface area contributed by atoms with E-state index in [1.807, 2.05) is 60.7 Å². The van der Waals surface area contributed by atoms with Crippen LogP contribution in [0.5, 0.6) is 0 Å².